The maximum Gasteiger partial charge on any atom is 0.416 e. The second kappa shape index (κ2) is 8.77. The molecule has 5 rings (SSSR count). The predicted octanol–water partition coefficient (Wildman–Crippen LogP) is 3.96. The highest BCUT2D eigenvalue weighted by Gasteiger charge is 2.33. The molecule has 1 aliphatic rings. The van der Waals surface area contributed by atoms with Gasteiger partial charge < -0.3 is 4.74 Å². The first-order chi connectivity index (χ1) is 16.7. The highest BCUT2D eigenvalue weighted by molar-refractivity contribution is 7.90. The number of sulfone groups is 1. The van der Waals surface area contributed by atoms with Crippen LogP contribution < -0.4 is 4.74 Å². The predicted molar refractivity (Wildman–Crippen MR) is 118 cm³/mol. The van der Waals surface area contributed by atoms with Crippen molar-refractivity contribution in [2.45, 2.75) is 29.2 Å². The summed E-state index contributed by atoms with van der Waals surface area (Å²) in [5, 5.41) is 15.1. The van der Waals surface area contributed by atoms with Gasteiger partial charge in [-0.25, -0.2) is 13.1 Å². The minimum atomic E-state index is -4.52. The van der Waals surface area contributed by atoms with Crippen LogP contribution in [0.15, 0.2) is 72.0 Å². The highest BCUT2D eigenvalue weighted by atomic mass is 32.2. The molecular weight excluding hydrogens is 483 g/mol. The number of rotatable bonds is 5. The van der Waals surface area contributed by atoms with Gasteiger partial charge in [-0.15, -0.1) is 5.10 Å². The lowest BCUT2D eigenvalue weighted by Crippen LogP contribution is -2.18. The van der Waals surface area contributed by atoms with E-state index in [4.69, 9.17) is 4.74 Å². The summed E-state index contributed by atoms with van der Waals surface area (Å²) in [4.78, 5) is 0.0615. The number of ether oxygens (including phenoxy) is 1. The summed E-state index contributed by atoms with van der Waals surface area (Å²) < 4.78 is 73.1. The van der Waals surface area contributed by atoms with E-state index >= 15 is 0 Å². The molecule has 2 aromatic carbocycles. The Morgan fingerprint density at radius 3 is 2.57 bits per heavy atom. The number of fused-ring (bicyclic) bond motifs is 1. The Labute approximate surface area is 198 Å². The summed E-state index contributed by atoms with van der Waals surface area (Å²) >= 11 is 0. The molecule has 2 aromatic heterocycles. The quantitative estimate of drug-likeness (QED) is 0.408. The van der Waals surface area contributed by atoms with Crippen molar-refractivity contribution in [1.82, 2.24) is 25.2 Å². The lowest BCUT2D eigenvalue weighted by Gasteiger charge is -2.28. The fraction of sp³-hybridized carbons (Fsp3) is 0.217. The number of benzene rings is 2. The maximum absolute atomic E-state index is 13.4. The van der Waals surface area contributed by atoms with E-state index in [9.17, 15) is 21.6 Å². The van der Waals surface area contributed by atoms with Gasteiger partial charge in [0.05, 0.1) is 46.6 Å². The monoisotopic (exact) mass is 501 g/mol. The fourth-order valence-corrected chi connectivity index (χ4v) is 5.40. The minimum Gasteiger partial charge on any atom is -0.493 e. The van der Waals surface area contributed by atoms with Crippen LogP contribution in [0.25, 0.3) is 5.69 Å². The molecule has 0 saturated heterocycles. The SMILES string of the molecule is O=S(=O)(Cc1cccnn1)c1ccc2c(c1)OCC[C@@H]2c1ccc(C(F)(F)F)cc1-n1ccnn1. The normalized spacial score (nSPS) is 15.9. The third kappa shape index (κ3) is 4.61. The zero-order valence-electron chi connectivity index (χ0n) is 18.1. The van der Waals surface area contributed by atoms with Crippen molar-refractivity contribution in [2.75, 3.05) is 6.61 Å². The largest absolute Gasteiger partial charge is 0.493 e. The number of aromatic nitrogens is 5. The van der Waals surface area contributed by atoms with E-state index in [1.54, 1.807) is 18.2 Å². The first kappa shape index (κ1) is 23.0. The third-order valence-corrected chi connectivity index (χ3v) is 7.40. The van der Waals surface area contributed by atoms with Crippen LogP contribution in [0, 0.1) is 0 Å². The number of alkyl halides is 3. The summed E-state index contributed by atoms with van der Waals surface area (Å²) in [6, 6.07) is 11.3. The lowest BCUT2D eigenvalue weighted by molar-refractivity contribution is -0.137. The van der Waals surface area contributed by atoms with Gasteiger partial charge in [0, 0.05) is 17.7 Å². The maximum atomic E-state index is 13.4. The molecule has 0 N–H and O–H groups in total. The summed E-state index contributed by atoms with van der Waals surface area (Å²) in [5.74, 6) is -0.291. The van der Waals surface area contributed by atoms with Crippen molar-refractivity contribution in [3.63, 3.8) is 0 Å². The average molecular weight is 501 g/mol. The van der Waals surface area contributed by atoms with E-state index < -0.39 is 21.6 Å². The Morgan fingerprint density at radius 2 is 1.86 bits per heavy atom. The third-order valence-electron chi connectivity index (χ3n) is 5.75. The molecule has 8 nitrogen and oxygen atoms in total. The highest BCUT2D eigenvalue weighted by Crippen LogP contribution is 2.42. The molecule has 12 heteroatoms. The molecular formula is C23H18F3N5O3S. The van der Waals surface area contributed by atoms with Crippen LogP contribution in [0.5, 0.6) is 5.75 Å². The van der Waals surface area contributed by atoms with E-state index in [0.29, 0.717) is 29.0 Å². The van der Waals surface area contributed by atoms with Gasteiger partial charge in [-0.1, -0.05) is 17.3 Å². The van der Waals surface area contributed by atoms with Crippen molar-refractivity contribution in [3.8, 4) is 11.4 Å². The van der Waals surface area contributed by atoms with Crippen LogP contribution in [0.3, 0.4) is 0 Å². The molecule has 35 heavy (non-hydrogen) atoms. The number of hydrogen-bond acceptors (Lipinski definition) is 7. The average Bonchev–Trinajstić information content (AvgIpc) is 3.38. The van der Waals surface area contributed by atoms with Crippen LogP contribution in [0.1, 0.15) is 34.7 Å². The van der Waals surface area contributed by atoms with Crippen LogP contribution in [-0.2, 0) is 21.8 Å². The lowest BCUT2D eigenvalue weighted by atomic mass is 9.85. The molecule has 0 radical (unpaired) electrons. The molecule has 4 aromatic rings. The van der Waals surface area contributed by atoms with Crippen molar-refractivity contribution >= 4 is 9.84 Å². The van der Waals surface area contributed by atoms with Crippen LogP contribution >= 0.6 is 0 Å². The van der Waals surface area contributed by atoms with Crippen molar-refractivity contribution in [3.05, 3.63) is 89.5 Å². The molecule has 180 valence electrons. The molecule has 0 amide bonds. The van der Waals surface area contributed by atoms with Gasteiger partial charge in [-0.05, 0) is 48.4 Å². The van der Waals surface area contributed by atoms with Crippen molar-refractivity contribution < 1.29 is 26.3 Å². The Kier molecular flexibility index (Phi) is 5.75. The van der Waals surface area contributed by atoms with Crippen molar-refractivity contribution in [2.24, 2.45) is 0 Å². The first-order valence-electron chi connectivity index (χ1n) is 10.6. The number of hydrogen-bond donors (Lipinski definition) is 0. The van der Waals surface area contributed by atoms with Gasteiger partial charge in [0.15, 0.2) is 9.84 Å². The number of halogens is 3. The Bertz CT molecular complexity index is 1460. The summed E-state index contributed by atoms with van der Waals surface area (Å²) in [6.45, 7) is 0.267. The second-order valence-corrected chi connectivity index (χ2v) is 9.97. The fourth-order valence-electron chi connectivity index (χ4n) is 4.12. The van der Waals surface area contributed by atoms with Crippen LogP contribution in [0.4, 0.5) is 13.2 Å². The second-order valence-electron chi connectivity index (χ2n) is 7.98. The van der Waals surface area contributed by atoms with Gasteiger partial charge >= 0.3 is 6.18 Å². The summed E-state index contributed by atoms with van der Waals surface area (Å²) in [5.41, 5.74) is 1.03. The molecule has 3 heterocycles. The number of nitrogens with zero attached hydrogens (tertiary/aromatic N) is 5. The van der Waals surface area contributed by atoms with Gasteiger partial charge in [-0.2, -0.15) is 23.4 Å². The molecule has 0 spiro atoms. The van der Waals surface area contributed by atoms with E-state index in [1.165, 1.54) is 41.5 Å². The first-order valence-corrected chi connectivity index (χ1v) is 12.2. The molecule has 0 bridgehead atoms. The zero-order chi connectivity index (χ0) is 24.6. The standard InChI is InChI=1S/C23H18F3N5O3S/c24-23(25,26)15-3-5-19(21(12-15)31-10-9-28-30-31)18-7-11-34-22-13-17(4-6-20(18)22)35(32,33)14-16-2-1-8-27-29-16/h1-6,8-10,12-13,18H,7,11,14H2/t18-/m1/s1. The van der Waals surface area contributed by atoms with Gasteiger partial charge in [-0.3, -0.25) is 0 Å². The Hall–Kier alpha value is -3.80. The van der Waals surface area contributed by atoms with Gasteiger partial charge in [0.1, 0.15) is 5.75 Å². The zero-order valence-corrected chi connectivity index (χ0v) is 18.9. The molecule has 0 aliphatic carbocycles. The van der Waals surface area contributed by atoms with Gasteiger partial charge in [0.25, 0.3) is 0 Å². The molecule has 1 atom stereocenters. The van der Waals surface area contributed by atoms with E-state index in [2.05, 4.69) is 20.5 Å². The van der Waals surface area contributed by atoms with Crippen molar-refractivity contribution in [1.29, 1.82) is 0 Å². The Morgan fingerprint density at radius 1 is 1.03 bits per heavy atom. The summed E-state index contributed by atoms with van der Waals surface area (Å²) in [7, 11) is -3.72. The van der Waals surface area contributed by atoms with Crippen LogP contribution in [0.2, 0.25) is 0 Å². The molecule has 0 saturated carbocycles. The van der Waals surface area contributed by atoms with Crippen LogP contribution in [-0.4, -0.2) is 40.2 Å². The van der Waals surface area contributed by atoms with E-state index in [1.807, 2.05) is 0 Å². The topological polar surface area (TPSA) is 99.9 Å². The molecule has 1 aliphatic heterocycles. The smallest absolute Gasteiger partial charge is 0.416 e. The molecule has 0 fully saturated rings. The molecule has 0 unspecified atom stereocenters. The van der Waals surface area contributed by atoms with E-state index in [-0.39, 0.29) is 28.9 Å². The van der Waals surface area contributed by atoms with Gasteiger partial charge in [0.2, 0.25) is 0 Å². The minimum absolute atomic E-state index is 0.0615. The summed E-state index contributed by atoms with van der Waals surface area (Å²) in [6.07, 6.45) is 0.287. The Balaban J connectivity index is 1.54. The van der Waals surface area contributed by atoms with E-state index in [0.717, 1.165) is 12.1 Å².